The van der Waals surface area contributed by atoms with Crippen molar-refractivity contribution in [2.75, 3.05) is 32.3 Å². The molecule has 0 unspecified atom stereocenters. The molecule has 2 atom stereocenters. The Morgan fingerprint density at radius 2 is 1.93 bits per heavy atom. The number of carbonyl (C=O) groups is 2. The van der Waals surface area contributed by atoms with Gasteiger partial charge in [-0.3, -0.25) is 9.59 Å². The highest BCUT2D eigenvalue weighted by atomic mass is 32.2. The number of amides is 1. The Morgan fingerprint density at radius 1 is 1.20 bits per heavy atom. The number of hydrogen-bond acceptors (Lipinski definition) is 7. The van der Waals surface area contributed by atoms with E-state index in [4.69, 9.17) is 14.6 Å². The van der Waals surface area contributed by atoms with Gasteiger partial charge in [-0.1, -0.05) is 17.8 Å². The molecule has 1 amide bonds. The molecule has 164 valence electrons. The first-order valence-corrected chi connectivity index (χ1v) is 12.1. The van der Waals surface area contributed by atoms with Crippen LogP contribution < -0.4 is 9.47 Å². The summed E-state index contributed by atoms with van der Waals surface area (Å²) in [6.45, 7) is 0.476. The van der Waals surface area contributed by atoms with Gasteiger partial charge < -0.3 is 19.5 Å². The van der Waals surface area contributed by atoms with Crippen molar-refractivity contribution in [3.05, 3.63) is 23.8 Å². The van der Waals surface area contributed by atoms with Crippen LogP contribution in [0, 0.1) is 0 Å². The fourth-order valence-electron chi connectivity index (χ4n) is 3.56. The van der Waals surface area contributed by atoms with Gasteiger partial charge in [0, 0.05) is 18.2 Å². The van der Waals surface area contributed by atoms with E-state index in [0.29, 0.717) is 29.6 Å². The van der Waals surface area contributed by atoms with Crippen molar-refractivity contribution in [1.29, 1.82) is 0 Å². The summed E-state index contributed by atoms with van der Waals surface area (Å²) in [5.41, 5.74) is 0.971. The van der Waals surface area contributed by atoms with Gasteiger partial charge in [-0.2, -0.15) is 4.99 Å². The highest BCUT2D eigenvalue weighted by molar-refractivity contribution is 8.15. The van der Waals surface area contributed by atoms with E-state index >= 15 is 0 Å². The number of methoxy groups -OCH3 is 2. The monoisotopic (exact) mass is 456 g/mol. The molecule has 2 fully saturated rings. The molecule has 11 heteroatoms. The number of rotatable bonds is 8. The maximum atomic E-state index is 12.1. The lowest BCUT2D eigenvalue weighted by atomic mass is 10.1. The summed E-state index contributed by atoms with van der Waals surface area (Å²) in [5, 5.41) is 9.05. The Balaban J connectivity index is 1.77. The summed E-state index contributed by atoms with van der Waals surface area (Å²) in [7, 11) is -0.0160. The van der Waals surface area contributed by atoms with Crippen LogP contribution in [0.4, 0.5) is 0 Å². The molecule has 0 aliphatic carbocycles. The zero-order chi connectivity index (χ0) is 21.9. The Labute approximate surface area is 179 Å². The fourth-order valence-corrected chi connectivity index (χ4v) is 7.55. The van der Waals surface area contributed by atoms with Crippen LogP contribution >= 0.6 is 11.8 Å². The topological polar surface area (TPSA) is 123 Å². The van der Waals surface area contributed by atoms with E-state index in [1.54, 1.807) is 20.3 Å². The van der Waals surface area contributed by atoms with Gasteiger partial charge in [0.25, 0.3) is 0 Å². The molecular weight excluding hydrogens is 432 g/mol. The van der Waals surface area contributed by atoms with Gasteiger partial charge >= 0.3 is 5.97 Å². The minimum atomic E-state index is -3.13. The molecule has 2 heterocycles. The van der Waals surface area contributed by atoms with Gasteiger partial charge in [0.2, 0.25) is 5.91 Å². The zero-order valence-corrected chi connectivity index (χ0v) is 18.4. The third-order valence-corrected chi connectivity index (χ3v) is 8.28. The molecule has 0 bridgehead atoms. The van der Waals surface area contributed by atoms with E-state index in [9.17, 15) is 18.0 Å². The van der Waals surface area contributed by atoms with E-state index in [1.165, 1.54) is 11.8 Å². The highest BCUT2D eigenvalue weighted by Crippen LogP contribution is 2.38. The van der Waals surface area contributed by atoms with Crippen LogP contribution in [-0.4, -0.2) is 79.0 Å². The second kappa shape index (κ2) is 9.25. The van der Waals surface area contributed by atoms with E-state index in [-0.39, 0.29) is 35.6 Å². The van der Waals surface area contributed by atoms with Crippen molar-refractivity contribution in [2.45, 2.75) is 30.6 Å². The lowest BCUT2D eigenvalue weighted by Crippen LogP contribution is -2.39. The van der Waals surface area contributed by atoms with Crippen LogP contribution in [0.5, 0.6) is 11.5 Å². The number of carboxylic acids is 1. The van der Waals surface area contributed by atoms with Gasteiger partial charge in [-0.05, 0) is 24.1 Å². The molecule has 3 rings (SSSR count). The van der Waals surface area contributed by atoms with Crippen LogP contribution in [0.1, 0.15) is 18.4 Å². The second-order valence-corrected chi connectivity index (χ2v) is 10.5. The van der Waals surface area contributed by atoms with Crippen LogP contribution in [0.3, 0.4) is 0 Å². The van der Waals surface area contributed by atoms with Crippen molar-refractivity contribution in [3.8, 4) is 11.5 Å². The summed E-state index contributed by atoms with van der Waals surface area (Å²) in [5.74, 6) is -0.276. The maximum Gasteiger partial charge on any atom is 0.303 e. The number of carboxylic acid groups (broad SMARTS) is 1. The fraction of sp³-hybridized carbons (Fsp3) is 0.526. The minimum absolute atomic E-state index is 0.0267. The predicted octanol–water partition coefficient (Wildman–Crippen LogP) is 1.21. The average Bonchev–Trinajstić information content (AvgIpc) is 3.15. The smallest absolute Gasteiger partial charge is 0.303 e. The number of sulfone groups is 1. The number of aliphatic imine (C=N–C) groups is 1. The molecule has 0 radical (unpaired) electrons. The van der Waals surface area contributed by atoms with Gasteiger partial charge in [-0.15, -0.1) is 0 Å². The molecule has 1 N–H and O–H groups in total. The molecule has 1 aromatic rings. The SMILES string of the molecule is COc1ccc(CCN2C(=NC(=O)CCC(=O)O)S[C@H]3CS(=O)(=O)C[C@@H]32)cc1OC. The molecule has 0 saturated carbocycles. The van der Waals surface area contributed by atoms with Gasteiger partial charge in [-0.25, -0.2) is 8.42 Å². The Bertz CT molecular complexity index is 962. The van der Waals surface area contributed by atoms with Crippen molar-refractivity contribution in [3.63, 3.8) is 0 Å². The van der Waals surface area contributed by atoms with Crippen LogP contribution in [0.15, 0.2) is 23.2 Å². The maximum absolute atomic E-state index is 12.1. The minimum Gasteiger partial charge on any atom is -0.493 e. The largest absolute Gasteiger partial charge is 0.493 e. The normalized spacial score (nSPS) is 23.4. The molecule has 2 aliphatic rings. The number of carbonyl (C=O) groups excluding carboxylic acids is 1. The molecular formula is C19H24N2O7S2. The first kappa shape index (κ1) is 22.4. The van der Waals surface area contributed by atoms with E-state index in [2.05, 4.69) is 4.99 Å². The van der Waals surface area contributed by atoms with Gasteiger partial charge in [0.05, 0.1) is 38.2 Å². The molecule has 1 aromatic carbocycles. The van der Waals surface area contributed by atoms with Gasteiger partial charge in [0.15, 0.2) is 26.5 Å². The van der Waals surface area contributed by atoms with Crippen molar-refractivity contribution in [2.24, 2.45) is 4.99 Å². The third-order valence-electron chi connectivity index (χ3n) is 5.04. The first-order valence-electron chi connectivity index (χ1n) is 9.40. The molecule has 0 aromatic heterocycles. The Hall–Kier alpha value is -2.27. The molecule has 30 heavy (non-hydrogen) atoms. The number of hydrogen-bond donors (Lipinski definition) is 1. The molecule has 9 nitrogen and oxygen atoms in total. The molecule has 0 spiro atoms. The van der Waals surface area contributed by atoms with E-state index in [0.717, 1.165) is 5.56 Å². The lowest BCUT2D eigenvalue weighted by Gasteiger charge is -2.24. The van der Waals surface area contributed by atoms with Crippen molar-refractivity contribution < 1.29 is 32.6 Å². The number of benzene rings is 1. The number of fused-ring (bicyclic) bond motifs is 1. The number of thioether (sulfide) groups is 1. The van der Waals surface area contributed by atoms with Gasteiger partial charge in [0.1, 0.15) is 0 Å². The predicted molar refractivity (Wildman–Crippen MR) is 113 cm³/mol. The number of ether oxygens (including phenoxy) is 2. The third kappa shape index (κ3) is 5.25. The van der Waals surface area contributed by atoms with E-state index < -0.39 is 21.7 Å². The average molecular weight is 457 g/mol. The summed E-state index contributed by atoms with van der Waals surface area (Å²) in [6, 6.07) is 5.33. The number of amidine groups is 1. The standard InChI is InChI=1S/C19H24N2O7S2/c1-27-14-4-3-12(9-15(14)28-2)7-8-21-13-10-30(25,26)11-16(13)29-19(21)20-17(22)5-6-18(23)24/h3-4,9,13,16H,5-8,10-11H2,1-2H3,(H,23,24)/t13-,16-/m0/s1. The number of aliphatic carboxylic acids is 1. The lowest BCUT2D eigenvalue weighted by molar-refractivity contribution is -0.138. The summed E-state index contributed by atoms with van der Waals surface area (Å²) >= 11 is 1.29. The first-order chi connectivity index (χ1) is 14.2. The van der Waals surface area contributed by atoms with Crippen LogP contribution in [0.2, 0.25) is 0 Å². The zero-order valence-electron chi connectivity index (χ0n) is 16.7. The Morgan fingerprint density at radius 3 is 2.60 bits per heavy atom. The summed E-state index contributed by atoms with van der Waals surface area (Å²) in [4.78, 5) is 28.7. The Kier molecular flexibility index (Phi) is 6.91. The van der Waals surface area contributed by atoms with E-state index in [1.807, 2.05) is 17.0 Å². The van der Waals surface area contributed by atoms with Crippen molar-refractivity contribution in [1.82, 2.24) is 4.90 Å². The van der Waals surface area contributed by atoms with Crippen molar-refractivity contribution >= 4 is 38.6 Å². The second-order valence-electron chi connectivity index (χ2n) is 7.12. The highest BCUT2D eigenvalue weighted by Gasteiger charge is 2.48. The van der Waals surface area contributed by atoms with Crippen LogP contribution in [0.25, 0.3) is 0 Å². The number of nitrogens with zero attached hydrogens (tertiary/aromatic N) is 2. The van der Waals surface area contributed by atoms with Crippen LogP contribution in [-0.2, 0) is 25.8 Å². The summed E-state index contributed by atoms with van der Waals surface area (Å²) in [6.07, 6.45) is 0.121. The molecule has 2 aliphatic heterocycles. The quantitative estimate of drug-likeness (QED) is 0.615. The summed E-state index contributed by atoms with van der Waals surface area (Å²) < 4.78 is 34.7. The molecule has 2 saturated heterocycles.